The normalized spacial score (nSPS) is 29.1. The summed E-state index contributed by atoms with van der Waals surface area (Å²) in [6.45, 7) is 9.08. The van der Waals surface area contributed by atoms with E-state index in [1.165, 1.54) is 37.9 Å². The number of ether oxygens (including phenoxy) is 3. The van der Waals surface area contributed by atoms with Gasteiger partial charge in [-0.15, -0.1) is 0 Å². The second-order valence-electron chi connectivity index (χ2n) is 8.18. The molecule has 3 fully saturated rings. The summed E-state index contributed by atoms with van der Waals surface area (Å²) in [5.74, 6) is 0.940. The Balaban J connectivity index is 1.40. The summed E-state index contributed by atoms with van der Waals surface area (Å²) in [4.78, 5) is 5.29. The zero-order valence-corrected chi connectivity index (χ0v) is 16.0. The van der Waals surface area contributed by atoms with Gasteiger partial charge in [-0.3, -0.25) is 9.80 Å². The largest absolute Gasteiger partial charge is 0.497 e. The molecule has 3 heterocycles. The number of hydrogen-bond acceptors (Lipinski definition) is 5. The van der Waals surface area contributed by atoms with Gasteiger partial charge in [-0.05, 0) is 43.5 Å². The molecule has 5 heteroatoms. The molecule has 0 bridgehead atoms. The first-order valence-corrected chi connectivity index (χ1v) is 10.0. The van der Waals surface area contributed by atoms with Gasteiger partial charge in [0.1, 0.15) is 5.75 Å². The maximum Gasteiger partial charge on any atom is 0.119 e. The van der Waals surface area contributed by atoms with E-state index in [-0.39, 0.29) is 5.41 Å². The van der Waals surface area contributed by atoms with Crippen LogP contribution >= 0.6 is 0 Å². The van der Waals surface area contributed by atoms with E-state index in [0.29, 0.717) is 6.04 Å². The molecule has 0 N–H and O–H groups in total. The van der Waals surface area contributed by atoms with Crippen molar-refractivity contribution < 1.29 is 14.2 Å². The van der Waals surface area contributed by atoms with Gasteiger partial charge in [0.2, 0.25) is 0 Å². The van der Waals surface area contributed by atoms with Gasteiger partial charge in [-0.2, -0.15) is 0 Å². The van der Waals surface area contributed by atoms with E-state index < -0.39 is 0 Å². The van der Waals surface area contributed by atoms with Crippen molar-refractivity contribution in [2.75, 3.05) is 59.7 Å². The summed E-state index contributed by atoms with van der Waals surface area (Å²) >= 11 is 0. The number of hydrogen-bond donors (Lipinski definition) is 0. The van der Waals surface area contributed by atoms with Crippen LogP contribution in [0.1, 0.15) is 24.8 Å². The third-order valence-corrected chi connectivity index (χ3v) is 6.23. The minimum absolute atomic E-state index is 0.285. The molecule has 1 atom stereocenters. The second kappa shape index (κ2) is 8.26. The van der Waals surface area contributed by atoms with Crippen molar-refractivity contribution in [2.45, 2.75) is 31.8 Å². The lowest BCUT2D eigenvalue weighted by atomic mass is 9.87. The molecule has 1 spiro atoms. The lowest BCUT2D eigenvalue weighted by Gasteiger charge is -2.35. The zero-order valence-electron chi connectivity index (χ0n) is 16.0. The molecular formula is C21H32N2O3. The summed E-state index contributed by atoms with van der Waals surface area (Å²) < 4.78 is 17.0. The number of likely N-dealkylation sites (tertiary alicyclic amines) is 1. The average molecular weight is 360 g/mol. The Morgan fingerprint density at radius 2 is 2.00 bits per heavy atom. The maximum atomic E-state index is 6.06. The fraction of sp³-hybridized carbons (Fsp3) is 0.714. The predicted molar refractivity (Wildman–Crippen MR) is 102 cm³/mol. The fourth-order valence-corrected chi connectivity index (χ4v) is 4.82. The molecule has 0 aliphatic carbocycles. The molecule has 0 saturated carbocycles. The Kier molecular flexibility index (Phi) is 5.79. The van der Waals surface area contributed by atoms with Gasteiger partial charge < -0.3 is 14.2 Å². The highest BCUT2D eigenvalue weighted by atomic mass is 16.5. The quantitative estimate of drug-likeness (QED) is 0.824. The van der Waals surface area contributed by atoms with Crippen LogP contribution in [0.4, 0.5) is 0 Å². The van der Waals surface area contributed by atoms with E-state index in [1.54, 1.807) is 7.11 Å². The fourth-order valence-electron chi connectivity index (χ4n) is 4.82. The standard InChI is InChI=1S/C21H32N2O3/c1-24-20-4-2-3-18(13-20)14-22-9-12-26-17-21(15-22)7-8-23(16-21)19-5-10-25-11-6-19/h2-4,13,19H,5-12,14-17H2,1H3. The Morgan fingerprint density at radius 1 is 1.12 bits per heavy atom. The van der Waals surface area contributed by atoms with E-state index >= 15 is 0 Å². The lowest BCUT2D eigenvalue weighted by molar-refractivity contribution is 0.0284. The number of benzene rings is 1. The maximum absolute atomic E-state index is 6.06. The first-order valence-electron chi connectivity index (χ1n) is 10.0. The predicted octanol–water partition coefficient (Wildman–Crippen LogP) is 2.40. The van der Waals surface area contributed by atoms with Crippen LogP contribution in [-0.2, 0) is 16.0 Å². The van der Waals surface area contributed by atoms with Crippen LogP contribution in [0.2, 0.25) is 0 Å². The molecule has 1 aromatic carbocycles. The van der Waals surface area contributed by atoms with E-state index in [2.05, 4.69) is 28.0 Å². The van der Waals surface area contributed by atoms with Crippen molar-refractivity contribution >= 4 is 0 Å². The third kappa shape index (κ3) is 4.22. The molecule has 1 unspecified atom stereocenters. The summed E-state index contributed by atoms with van der Waals surface area (Å²) in [6, 6.07) is 9.16. The van der Waals surface area contributed by atoms with Gasteiger partial charge in [-0.1, -0.05) is 12.1 Å². The van der Waals surface area contributed by atoms with Crippen LogP contribution in [0.15, 0.2) is 24.3 Å². The zero-order chi connectivity index (χ0) is 17.8. The molecular weight excluding hydrogens is 328 g/mol. The smallest absolute Gasteiger partial charge is 0.119 e. The van der Waals surface area contributed by atoms with Crippen LogP contribution in [0.3, 0.4) is 0 Å². The topological polar surface area (TPSA) is 34.2 Å². The van der Waals surface area contributed by atoms with Gasteiger partial charge in [0.25, 0.3) is 0 Å². The molecule has 144 valence electrons. The Bertz CT molecular complexity index is 590. The lowest BCUT2D eigenvalue weighted by Crippen LogP contribution is -2.43. The first-order chi connectivity index (χ1) is 12.8. The average Bonchev–Trinajstić information content (AvgIpc) is 2.99. The molecule has 3 aliphatic rings. The molecule has 1 aromatic rings. The molecule has 4 rings (SSSR count). The van der Waals surface area contributed by atoms with Crippen LogP contribution < -0.4 is 4.74 Å². The van der Waals surface area contributed by atoms with E-state index in [0.717, 1.165) is 51.8 Å². The Labute approximate surface area is 157 Å². The van der Waals surface area contributed by atoms with E-state index in [9.17, 15) is 0 Å². The Morgan fingerprint density at radius 3 is 2.85 bits per heavy atom. The monoisotopic (exact) mass is 360 g/mol. The van der Waals surface area contributed by atoms with Crippen LogP contribution in [0.25, 0.3) is 0 Å². The van der Waals surface area contributed by atoms with Gasteiger partial charge in [-0.25, -0.2) is 0 Å². The second-order valence-corrected chi connectivity index (χ2v) is 8.18. The Hall–Kier alpha value is -1.14. The third-order valence-electron chi connectivity index (χ3n) is 6.23. The highest BCUT2D eigenvalue weighted by Gasteiger charge is 2.43. The van der Waals surface area contributed by atoms with Gasteiger partial charge in [0.15, 0.2) is 0 Å². The minimum atomic E-state index is 0.285. The SMILES string of the molecule is COc1cccc(CN2CCOCC3(CCN(C4CCOCC4)C3)C2)c1. The summed E-state index contributed by atoms with van der Waals surface area (Å²) in [7, 11) is 1.73. The molecule has 0 aromatic heterocycles. The number of nitrogens with zero attached hydrogens (tertiary/aromatic N) is 2. The molecule has 0 amide bonds. The van der Waals surface area contributed by atoms with Gasteiger partial charge in [0.05, 0.1) is 20.3 Å². The first kappa shape index (κ1) is 18.2. The molecule has 26 heavy (non-hydrogen) atoms. The summed E-state index contributed by atoms with van der Waals surface area (Å²) in [5.41, 5.74) is 1.61. The molecule has 3 saturated heterocycles. The highest BCUT2D eigenvalue weighted by Crippen LogP contribution is 2.36. The van der Waals surface area contributed by atoms with Gasteiger partial charge in [0, 0.05) is 50.8 Å². The van der Waals surface area contributed by atoms with Crippen molar-refractivity contribution in [1.82, 2.24) is 9.80 Å². The molecule has 3 aliphatic heterocycles. The van der Waals surface area contributed by atoms with Crippen LogP contribution in [0.5, 0.6) is 5.75 Å². The van der Waals surface area contributed by atoms with E-state index in [1.807, 2.05) is 6.07 Å². The van der Waals surface area contributed by atoms with Crippen molar-refractivity contribution in [3.8, 4) is 5.75 Å². The highest BCUT2D eigenvalue weighted by molar-refractivity contribution is 5.28. The molecule has 0 radical (unpaired) electrons. The van der Waals surface area contributed by atoms with Crippen molar-refractivity contribution in [3.63, 3.8) is 0 Å². The summed E-state index contributed by atoms with van der Waals surface area (Å²) in [5, 5.41) is 0. The number of methoxy groups -OCH3 is 1. The van der Waals surface area contributed by atoms with E-state index in [4.69, 9.17) is 14.2 Å². The van der Waals surface area contributed by atoms with Gasteiger partial charge >= 0.3 is 0 Å². The summed E-state index contributed by atoms with van der Waals surface area (Å²) in [6.07, 6.45) is 3.62. The molecule has 5 nitrogen and oxygen atoms in total. The van der Waals surface area contributed by atoms with Crippen molar-refractivity contribution in [3.05, 3.63) is 29.8 Å². The van der Waals surface area contributed by atoms with Crippen molar-refractivity contribution in [2.24, 2.45) is 5.41 Å². The van der Waals surface area contributed by atoms with Crippen LogP contribution in [0, 0.1) is 5.41 Å². The minimum Gasteiger partial charge on any atom is -0.497 e. The van der Waals surface area contributed by atoms with Crippen LogP contribution in [-0.4, -0.2) is 75.6 Å². The number of rotatable bonds is 4. The van der Waals surface area contributed by atoms with Crippen molar-refractivity contribution in [1.29, 1.82) is 0 Å².